The number of hydrogen-bond donors (Lipinski definition) is 1. The smallest absolute Gasteiger partial charge is 0.181 e. The molecule has 2 N–H and O–H groups in total. The third-order valence-electron chi connectivity index (χ3n) is 3.92. The summed E-state index contributed by atoms with van der Waals surface area (Å²) in [5.41, 5.74) is 12.1. The van der Waals surface area contributed by atoms with Crippen molar-refractivity contribution in [3.8, 4) is 22.3 Å². The van der Waals surface area contributed by atoms with Crippen molar-refractivity contribution in [2.24, 2.45) is 0 Å². The van der Waals surface area contributed by atoms with Gasteiger partial charge in [0.05, 0.1) is 15.9 Å². The highest BCUT2D eigenvalue weighted by Crippen LogP contribution is 2.33. The number of thiazole rings is 1. The number of aromatic nitrogens is 2. The van der Waals surface area contributed by atoms with Gasteiger partial charge in [-0.1, -0.05) is 40.8 Å². The Morgan fingerprint density at radius 3 is 2.57 bits per heavy atom. The van der Waals surface area contributed by atoms with Crippen LogP contribution in [0.1, 0.15) is 11.5 Å². The standard InChI is InChI=1S/C18H15N3OS/c1-10-17(11(2)22-21-10)14-5-3-4-12(8-14)13-6-7-15-16(9-13)23-18(19)20-15/h3-9H,1-2H3,(H2,19,20). The van der Waals surface area contributed by atoms with Crippen molar-refractivity contribution in [1.82, 2.24) is 10.1 Å². The highest BCUT2D eigenvalue weighted by Gasteiger charge is 2.12. The molecule has 23 heavy (non-hydrogen) atoms. The lowest BCUT2D eigenvalue weighted by Crippen LogP contribution is -1.84. The number of nitrogens with zero attached hydrogens (tertiary/aromatic N) is 2. The molecule has 0 fully saturated rings. The van der Waals surface area contributed by atoms with E-state index in [-0.39, 0.29) is 0 Å². The molecule has 4 aromatic rings. The van der Waals surface area contributed by atoms with Gasteiger partial charge in [-0.2, -0.15) is 0 Å². The zero-order valence-corrected chi connectivity index (χ0v) is 13.6. The van der Waals surface area contributed by atoms with Crippen LogP contribution in [0.4, 0.5) is 5.13 Å². The Hall–Kier alpha value is -2.66. The first-order chi connectivity index (χ1) is 11.1. The van der Waals surface area contributed by atoms with Crippen molar-refractivity contribution in [3.05, 3.63) is 53.9 Å². The predicted molar refractivity (Wildman–Crippen MR) is 94.4 cm³/mol. The van der Waals surface area contributed by atoms with Crippen LogP contribution < -0.4 is 5.73 Å². The molecule has 0 aliphatic carbocycles. The molecular weight excluding hydrogens is 306 g/mol. The van der Waals surface area contributed by atoms with E-state index in [1.165, 1.54) is 11.3 Å². The van der Waals surface area contributed by atoms with Crippen LogP contribution >= 0.6 is 11.3 Å². The van der Waals surface area contributed by atoms with E-state index in [0.717, 1.165) is 43.9 Å². The molecule has 0 aliphatic heterocycles. The third kappa shape index (κ3) is 2.39. The second-order valence-corrected chi connectivity index (χ2v) is 6.58. The maximum absolute atomic E-state index is 5.79. The average molecular weight is 321 g/mol. The van der Waals surface area contributed by atoms with Crippen LogP contribution in [0.3, 0.4) is 0 Å². The highest BCUT2D eigenvalue weighted by atomic mass is 32.1. The topological polar surface area (TPSA) is 64.9 Å². The van der Waals surface area contributed by atoms with E-state index in [0.29, 0.717) is 5.13 Å². The molecule has 2 aromatic carbocycles. The van der Waals surface area contributed by atoms with Crippen LogP contribution in [-0.2, 0) is 0 Å². The van der Waals surface area contributed by atoms with Crippen LogP contribution in [0, 0.1) is 13.8 Å². The normalized spacial score (nSPS) is 11.2. The first kappa shape index (κ1) is 14.0. The summed E-state index contributed by atoms with van der Waals surface area (Å²) in [6.07, 6.45) is 0. The van der Waals surface area contributed by atoms with E-state index in [9.17, 15) is 0 Å². The zero-order valence-electron chi connectivity index (χ0n) is 12.8. The van der Waals surface area contributed by atoms with Crippen LogP contribution in [0.15, 0.2) is 47.0 Å². The van der Waals surface area contributed by atoms with Crippen molar-refractivity contribution >= 4 is 26.7 Å². The quantitative estimate of drug-likeness (QED) is 0.575. The fourth-order valence-electron chi connectivity index (χ4n) is 2.87. The van der Waals surface area contributed by atoms with Crippen molar-refractivity contribution < 1.29 is 4.52 Å². The molecule has 0 atom stereocenters. The molecule has 5 heteroatoms. The number of aryl methyl sites for hydroxylation is 2. The maximum Gasteiger partial charge on any atom is 0.181 e. The molecule has 0 saturated carbocycles. The summed E-state index contributed by atoms with van der Waals surface area (Å²) in [5, 5.41) is 4.64. The molecule has 0 radical (unpaired) electrons. The Kier molecular flexibility index (Phi) is 3.16. The van der Waals surface area contributed by atoms with Crippen molar-refractivity contribution in [2.75, 3.05) is 5.73 Å². The van der Waals surface area contributed by atoms with Crippen LogP contribution in [0.5, 0.6) is 0 Å². The molecule has 4 nitrogen and oxygen atoms in total. The van der Waals surface area contributed by atoms with Gasteiger partial charge in [-0.05, 0) is 48.7 Å². The number of hydrogen-bond acceptors (Lipinski definition) is 5. The fourth-order valence-corrected chi connectivity index (χ4v) is 3.64. The number of nitrogens with two attached hydrogens (primary N) is 1. The number of nitrogen functional groups attached to an aromatic ring is 1. The molecule has 0 bridgehead atoms. The summed E-state index contributed by atoms with van der Waals surface area (Å²) in [6.45, 7) is 3.90. The highest BCUT2D eigenvalue weighted by molar-refractivity contribution is 7.22. The second kappa shape index (κ2) is 5.21. The first-order valence-electron chi connectivity index (χ1n) is 7.31. The number of anilines is 1. The van der Waals surface area contributed by atoms with Gasteiger partial charge < -0.3 is 10.3 Å². The van der Waals surface area contributed by atoms with Gasteiger partial charge in [0.2, 0.25) is 0 Å². The van der Waals surface area contributed by atoms with Gasteiger partial charge in [-0.25, -0.2) is 4.98 Å². The average Bonchev–Trinajstić information content (AvgIpc) is 3.08. The van der Waals surface area contributed by atoms with Gasteiger partial charge >= 0.3 is 0 Å². The van der Waals surface area contributed by atoms with E-state index in [1.54, 1.807) is 0 Å². The Bertz CT molecular complexity index is 997. The Morgan fingerprint density at radius 1 is 1.00 bits per heavy atom. The van der Waals surface area contributed by atoms with Crippen LogP contribution in [0.25, 0.3) is 32.5 Å². The summed E-state index contributed by atoms with van der Waals surface area (Å²) in [6, 6.07) is 14.6. The third-order valence-corrected chi connectivity index (χ3v) is 4.77. The van der Waals surface area contributed by atoms with E-state index in [2.05, 4.69) is 46.5 Å². The molecule has 114 valence electrons. The molecule has 0 amide bonds. The minimum atomic E-state index is 0.599. The van der Waals surface area contributed by atoms with Crippen molar-refractivity contribution in [3.63, 3.8) is 0 Å². The molecule has 0 unspecified atom stereocenters. The Labute approximate surface area is 137 Å². The molecular formula is C18H15N3OS. The summed E-state index contributed by atoms with van der Waals surface area (Å²) >= 11 is 1.51. The molecule has 0 aliphatic rings. The Morgan fingerprint density at radius 2 is 1.78 bits per heavy atom. The van der Waals surface area contributed by atoms with Gasteiger partial charge in [0.25, 0.3) is 0 Å². The maximum atomic E-state index is 5.79. The SMILES string of the molecule is Cc1noc(C)c1-c1cccc(-c2ccc3nc(N)sc3c2)c1. The second-order valence-electron chi connectivity index (χ2n) is 5.51. The van der Waals surface area contributed by atoms with Gasteiger partial charge in [0.15, 0.2) is 5.13 Å². The first-order valence-corrected chi connectivity index (χ1v) is 8.13. The summed E-state index contributed by atoms with van der Waals surface area (Å²) in [5.74, 6) is 0.838. The van der Waals surface area contributed by atoms with Gasteiger partial charge in [-0.15, -0.1) is 0 Å². The van der Waals surface area contributed by atoms with Crippen molar-refractivity contribution in [1.29, 1.82) is 0 Å². The lowest BCUT2D eigenvalue weighted by molar-refractivity contribution is 0.393. The van der Waals surface area contributed by atoms with E-state index in [4.69, 9.17) is 10.3 Å². The minimum absolute atomic E-state index is 0.599. The molecule has 2 heterocycles. The van der Waals surface area contributed by atoms with E-state index >= 15 is 0 Å². The summed E-state index contributed by atoms with van der Waals surface area (Å²) in [7, 11) is 0. The summed E-state index contributed by atoms with van der Waals surface area (Å²) in [4.78, 5) is 4.30. The molecule has 0 saturated heterocycles. The lowest BCUT2D eigenvalue weighted by atomic mass is 9.98. The number of fused-ring (bicyclic) bond motifs is 1. The molecule has 4 rings (SSSR count). The predicted octanol–water partition coefficient (Wildman–Crippen LogP) is 4.82. The molecule has 0 spiro atoms. The number of benzene rings is 2. The van der Waals surface area contributed by atoms with Crippen LogP contribution in [0.2, 0.25) is 0 Å². The molecule has 2 aromatic heterocycles. The van der Waals surface area contributed by atoms with Gasteiger partial charge in [0.1, 0.15) is 5.76 Å². The van der Waals surface area contributed by atoms with Crippen LogP contribution in [-0.4, -0.2) is 10.1 Å². The zero-order chi connectivity index (χ0) is 16.0. The minimum Gasteiger partial charge on any atom is -0.375 e. The lowest BCUT2D eigenvalue weighted by Gasteiger charge is -2.06. The van der Waals surface area contributed by atoms with Gasteiger partial charge in [0, 0.05) is 5.56 Å². The number of rotatable bonds is 2. The summed E-state index contributed by atoms with van der Waals surface area (Å²) < 4.78 is 6.38. The largest absolute Gasteiger partial charge is 0.375 e. The fraction of sp³-hybridized carbons (Fsp3) is 0.111. The monoisotopic (exact) mass is 321 g/mol. The van der Waals surface area contributed by atoms with Gasteiger partial charge in [-0.3, -0.25) is 0 Å². The van der Waals surface area contributed by atoms with E-state index < -0.39 is 0 Å². The van der Waals surface area contributed by atoms with Crippen molar-refractivity contribution in [2.45, 2.75) is 13.8 Å². The van der Waals surface area contributed by atoms with E-state index in [1.807, 2.05) is 19.9 Å². The Balaban J connectivity index is 1.84.